The van der Waals surface area contributed by atoms with Gasteiger partial charge < -0.3 is 9.64 Å². The average Bonchev–Trinajstić information content (AvgIpc) is 2.36. The molecule has 0 amide bonds. The monoisotopic (exact) mass is 319 g/mol. The molecule has 0 aliphatic heterocycles. The Morgan fingerprint density at radius 3 is 2.39 bits per heavy atom. The zero-order chi connectivity index (χ0) is 13.4. The molecule has 1 aliphatic carbocycles. The Hall–Kier alpha value is 0.400. The molecule has 0 aromatic carbocycles. The van der Waals surface area contributed by atoms with Crippen molar-refractivity contribution in [3.63, 3.8) is 0 Å². The van der Waals surface area contributed by atoms with Crippen molar-refractivity contribution in [1.29, 1.82) is 0 Å². The van der Waals surface area contributed by atoms with E-state index in [0.29, 0.717) is 5.41 Å². The fourth-order valence-electron chi connectivity index (χ4n) is 3.08. The van der Waals surface area contributed by atoms with E-state index in [1.807, 2.05) is 0 Å². The van der Waals surface area contributed by atoms with E-state index < -0.39 is 0 Å². The largest absolute Gasteiger partial charge is 0.383 e. The number of ether oxygens (including phenoxy) is 1. The number of hydrogen-bond acceptors (Lipinski definition) is 2. The summed E-state index contributed by atoms with van der Waals surface area (Å²) < 4.78 is 5.26. The Balaban J connectivity index is 2.54. The second-order valence-electron chi connectivity index (χ2n) is 6.32. The van der Waals surface area contributed by atoms with Crippen molar-refractivity contribution in [2.45, 2.75) is 46.0 Å². The molecule has 1 rings (SSSR count). The van der Waals surface area contributed by atoms with E-state index in [2.05, 4.69) is 34.7 Å². The highest BCUT2D eigenvalue weighted by atomic mass is 79.9. The highest BCUT2D eigenvalue weighted by molar-refractivity contribution is 9.09. The van der Waals surface area contributed by atoms with Crippen molar-refractivity contribution in [3.8, 4) is 0 Å². The van der Waals surface area contributed by atoms with Crippen molar-refractivity contribution in [2.24, 2.45) is 11.3 Å². The Morgan fingerprint density at radius 1 is 1.22 bits per heavy atom. The number of nitrogens with zero attached hydrogens (tertiary/aromatic N) is 1. The summed E-state index contributed by atoms with van der Waals surface area (Å²) in [5, 5.41) is 1.15. The van der Waals surface area contributed by atoms with Crippen LogP contribution in [0.3, 0.4) is 0 Å². The molecule has 1 fully saturated rings. The van der Waals surface area contributed by atoms with Crippen LogP contribution in [0.4, 0.5) is 0 Å². The van der Waals surface area contributed by atoms with E-state index in [1.165, 1.54) is 45.2 Å². The van der Waals surface area contributed by atoms with E-state index in [9.17, 15) is 0 Å². The van der Waals surface area contributed by atoms with Crippen molar-refractivity contribution < 1.29 is 4.74 Å². The van der Waals surface area contributed by atoms with Crippen LogP contribution in [-0.4, -0.2) is 43.6 Å². The number of hydrogen-bond donors (Lipinski definition) is 0. The number of rotatable bonds is 8. The molecule has 0 bridgehead atoms. The molecule has 0 aromatic rings. The van der Waals surface area contributed by atoms with Crippen LogP contribution >= 0.6 is 15.9 Å². The Labute approximate surface area is 122 Å². The number of alkyl halides is 1. The summed E-state index contributed by atoms with van der Waals surface area (Å²) in [7, 11) is 1.80. The van der Waals surface area contributed by atoms with E-state index >= 15 is 0 Å². The van der Waals surface area contributed by atoms with Crippen LogP contribution < -0.4 is 0 Å². The molecular formula is C15H30BrNO. The van der Waals surface area contributed by atoms with Gasteiger partial charge in [0.15, 0.2) is 0 Å². The molecule has 0 atom stereocenters. The van der Waals surface area contributed by atoms with Crippen LogP contribution in [0.5, 0.6) is 0 Å². The van der Waals surface area contributed by atoms with Gasteiger partial charge in [-0.3, -0.25) is 0 Å². The van der Waals surface area contributed by atoms with Gasteiger partial charge in [-0.05, 0) is 24.2 Å². The molecule has 1 aliphatic rings. The van der Waals surface area contributed by atoms with Gasteiger partial charge in [-0.15, -0.1) is 0 Å². The van der Waals surface area contributed by atoms with Gasteiger partial charge in [0.05, 0.1) is 6.61 Å². The third kappa shape index (κ3) is 5.58. The predicted molar refractivity (Wildman–Crippen MR) is 82.5 cm³/mol. The summed E-state index contributed by atoms with van der Waals surface area (Å²) in [5.74, 6) is 0.734. The summed E-state index contributed by atoms with van der Waals surface area (Å²) in [6.45, 7) is 8.97. The van der Waals surface area contributed by atoms with Gasteiger partial charge >= 0.3 is 0 Å². The lowest BCUT2D eigenvalue weighted by Gasteiger charge is -2.40. The average molecular weight is 320 g/mol. The van der Waals surface area contributed by atoms with Crippen LogP contribution in [0.1, 0.15) is 46.0 Å². The lowest BCUT2D eigenvalue weighted by molar-refractivity contribution is 0.0866. The molecule has 3 heteroatoms. The first-order valence-corrected chi connectivity index (χ1v) is 8.51. The van der Waals surface area contributed by atoms with Gasteiger partial charge in [-0.1, -0.05) is 49.0 Å². The smallest absolute Gasteiger partial charge is 0.0589 e. The fraction of sp³-hybridized carbons (Fsp3) is 1.00. The second kappa shape index (κ2) is 8.55. The van der Waals surface area contributed by atoms with Gasteiger partial charge in [-0.25, -0.2) is 0 Å². The third-order valence-electron chi connectivity index (χ3n) is 3.99. The van der Waals surface area contributed by atoms with Gasteiger partial charge in [0.25, 0.3) is 0 Å². The van der Waals surface area contributed by atoms with Gasteiger partial charge in [0.2, 0.25) is 0 Å². The normalized spacial score (nSPS) is 19.7. The minimum atomic E-state index is 0.515. The molecule has 0 unspecified atom stereocenters. The summed E-state index contributed by atoms with van der Waals surface area (Å²) in [6, 6.07) is 0. The minimum absolute atomic E-state index is 0.515. The first kappa shape index (κ1) is 16.5. The Morgan fingerprint density at radius 2 is 1.89 bits per heavy atom. The molecule has 0 saturated heterocycles. The first-order valence-electron chi connectivity index (χ1n) is 7.39. The van der Waals surface area contributed by atoms with Crippen molar-refractivity contribution in [2.75, 3.05) is 38.7 Å². The van der Waals surface area contributed by atoms with Crippen molar-refractivity contribution in [3.05, 3.63) is 0 Å². The standard InChI is InChI=1S/C15H30BrNO/c1-14(2)11-17(9-10-18-3)13-15(12-16)7-5-4-6-8-15/h14H,4-13H2,1-3H3. The van der Waals surface area contributed by atoms with Crippen LogP contribution in [0.15, 0.2) is 0 Å². The van der Waals surface area contributed by atoms with Crippen LogP contribution in [0.25, 0.3) is 0 Å². The Bertz CT molecular complexity index is 215. The summed E-state index contributed by atoms with van der Waals surface area (Å²) >= 11 is 3.77. The SMILES string of the molecule is COCCN(CC(C)C)CC1(CBr)CCCCC1. The fourth-order valence-corrected chi connectivity index (χ4v) is 3.82. The summed E-state index contributed by atoms with van der Waals surface area (Å²) in [4.78, 5) is 2.61. The second-order valence-corrected chi connectivity index (χ2v) is 6.88. The maximum atomic E-state index is 5.26. The molecule has 108 valence electrons. The zero-order valence-electron chi connectivity index (χ0n) is 12.4. The minimum Gasteiger partial charge on any atom is -0.383 e. The highest BCUT2D eigenvalue weighted by Gasteiger charge is 2.32. The first-order chi connectivity index (χ1) is 8.62. The molecule has 1 saturated carbocycles. The van der Waals surface area contributed by atoms with Gasteiger partial charge in [0.1, 0.15) is 0 Å². The zero-order valence-corrected chi connectivity index (χ0v) is 14.0. The quantitative estimate of drug-likeness (QED) is 0.628. The van der Waals surface area contributed by atoms with E-state index in [4.69, 9.17) is 4.74 Å². The lowest BCUT2D eigenvalue weighted by atomic mass is 9.75. The van der Waals surface area contributed by atoms with Crippen molar-refractivity contribution >= 4 is 15.9 Å². The molecule has 2 nitrogen and oxygen atoms in total. The van der Waals surface area contributed by atoms with Crippen LogP contribution in [0, 0.1) is 11.3 Å². The molecule has 18 heavy (non-hydrogen) atoms. The molecule has 0 spiro atoms. The van der Waals surface area contributed by atoms with E-state index in [1.54, 1.807) is 7.11 Å². The summed E-state index contributed by atoms with van der Waals surface area (Å²) in [5.41, 5.74) is 0.515. The molecule has 0 radical (unpaired) electrons. The third-order valence-corrected chi connectivity index (χ3v) is 5.18. The molecule has 0 aromatic heterocycles. The van der Waals surface area contributed by atoms with Crippen molar-refractivity contribution in [1.82, 2.24) is 4.90 Å². The highest BCUT2D eigenvalue weighted by Crippen LogP contribution is 2.38. The maximum absolute atomic E-state index is 5.26. The predicted octanol–water partition coefficient (Wildman–Crippen LogP) is 3.94. The summed E-state index contributed by atoms with van der Waals surface area (Å²) in [6.07, 6.45) is 7.02. The molecular weight excluding hydrogens is 290 g/mol. The molecule has 0 heterocycles. The van der Waals surface area contributed by atoms with Gasteiger partial charge in [-0.2, -0.15) is 0 Å². The Kier molecular flexibility index (Phi) is 7.81. The topological polar surface area (TPSA) is 12.5 Å². The molecule has 0 N–H and O–H groups in total. The van der Waals surface area contributed by atoms with E-state index in [0.717, 1.165) is 24.4 Å². The van der Waals surface area contributed by atoms with Crippen LogP contribution in [0.2, 0.25) is 0 Å². The number of methoxy groups -OCH3 is 1. The number of halogens is 1. The lowest BCUT2D eigenvalue weighted by Crippen LogP contribution is -2.43. The van der Waals surface area contributed by atoms with Crippen LogP contribution in [-0.2, 0) is 4.74 Å². The maximum Gasteiger partial charge on any atom is 0.0589 e. The van der Waals surface area contributed by atoms with Gasteiger partial charge in [0, 0.05) is 32.1 Å². The van der Waals surface area contributed by atoms with E-state index in [-0.39, 0.29) is 0 Å².